The molecule has 3 unspecified atom stereocenters. The van der Waals surface area contributed by atoms with Crippen molar-refractivity contribution in [3.8, 4) is 0 Å². The number of rotatable bonds is 4. The van der Waals surface area contributed by atoms with Crippen molar-refractivity contribution >= 4 is 15.7 Å². The Bertz CT molecular complexity index is 409. The molecule has 2 heterocycles. The monoisotopic (exact) mass is 276 g/mol. The minimum atomic E-state index is -2.99. The van der Waals surface area contributed by atoms with Crippen molar-refractivity contribution in [2.24, 2.45) is 5.92 Å². The standard InChI is InChI=1S/C11H20N2O4S/c1-12-10-7-17-6-9(10)11(14)13-5-8-3-2-4-18(8,15)16/h8-10,12H,2-7H2,1H3,(H,13,14). The van der Waals surface area contributed by atoms with Gasteiger partial charge in [0.2, 0.25) is 5.91 Å². The van der Waals surface area contributed by atoms with Crippen molar-refractivity contribution in [2.45, 2.75) is 24.1 Å². The van der Waals surface area contributed by atoms with Crippen LogP contribution in [-0.2, 0) is 19.4 Å². The number of sulfone groups is 1. The van der Waals surface area contributed by atoms with Crippen molar-refractivity contribution in [2.75, 3.05) is 32.6 Å². The molecule has 2 fully saturated rings. The number of nitrogens with one attached hydrogen (secondary N) is 2. The first-order chi connectivity index (χ1) is 8.54. The highest BCUT2D eigenvalue weighted by Gasteiger charge is 2.35. The third-order valence-corrected chi connectivity index (χ3v) is 6.03. The second-order valence-corrected chi connectivity index (χ2v) is 7.32. The number of likely N-dealkylation sites (N-methyl/N-ethyl adjacent to an activating group) is 1. The maximum atomic E-state index is 12.0. The fourth-order valence-electron chi connectivity index (χ4n) is 2.53. The van der Waals surface area contributed by atoms with Crippen LogP contribution in [0.2, 0.25) is 0 Å². The van der Waals surface area contributed by atoms with Crippen LogP contribution >= 0.6 is 0 Å². The van der Waals surface area contributed by atoms with E-state index >= 15 is 0 Å². The van der Waals surface area contributed by atoms with Crippen LogP contribution in [0.25, 0.3) is 0 Å². The summed E-state index contributed by atoms with van der Waals surface area (Å²) in [5.41, 5.74) is 0. The van der Waals surface area contributed by atoms with E-state index in [1.807, 2.05) is 0 Å². The smallest absolute Gasteiger partial charge is 0.227 e. The molecule has 0 aromatic rings. The maximum Gasteiger partial charge on any atom is 0.227 e. The molecular formula is C11H20N2O4S. The van der Waals surface area contributed by atoms with Gasteiger partial charge in [0.05, 0.1) is 30.1 Å². The normalized spacial score (nSPS) is 34.6. The van der Waals surface area contributed by atoms with Gasteiger partial charge < -0.3 is 15.4 Å². The summed E-state index contributed by atoms with van der Waals surface area (Å²) >= 11 is 0. The molecule has 104 valence electrons. The summed E-state index contributed by atoms with van der Waals surface area (Å²) in [7, 11) is -1.19. The lowest BCUT2D eigenvalue weighted by Gasteiger charge is -2.17. The Morgan fingerprint density at radius 3 is 2.78 bits per heavy atom. The number of ether oxygens (including phenoxy) is 1. The van der Waals surface area contributed by atoms with Crippen LogP contribution in [0.3, 0.4) is 0 Å². The third-order valence-electron chi connectivity index (χ3n) is 3.75. The number of carbonyl (C=O) groups excluding carboxylic acids is 1. The van der Waals surface area contributed by atoms with E-state index in [1.165, 1.54) is 0 Å². The second-order valence-electron chi connectivity index (χ2n) is 4.92. The van der Waals surface area contributed by atoms with Crippen LogP contribution in [0, 0.1) is 5.92 Å². The van der Waals surface area contributed by atoms with E-state index in [4.69, 9.17) is 4.74 Å². The minimum Gasteiger partial charge on any atom is -0.379 e. The molecule has 3 atom stereocenters. The summed E-state index contributed by atoms with van der Waals surface area (Å²) < 4.78 is 28.5. The summed E-state index contributed by atoms with van der Waals surface area (Å²) in [4.78, 5) is 12.0. The molecule has 7 heteroatoms. The molecule has 0 aromatic carbocycles. The predicted octanol–water partition coefficient (Wildman–Crippen LogP) is -1.09. The molecule has 0 saturated carbocycles. The molecule has 0 aliphatic carbocycles. The molecule has 0 bridgehead atoms. The molecule has 1 amide bonds. The second kappa shape index (κ2) is 5.54. The molecule has 2 N–H and O–H groups in total. The lowest BCUT2D eigenvalue weighted by molar-refractivity contribution is -0.125. The average molecular weight is 276 g/mol. The molecule has 0 spiro atoms. The number of hydrogen-bond acceptors (Lipinski definition) is 5. The fraction of sp³-hybridized carbons (Fsp3) is 0.909. The Morgan fingerprint density at radius 2 is 2.17 bits per heavy atom. The molecule has 2 aliphatic rings. The van der Waals surface area contributed by atoms with Crippen molar-refractivity contribution in [3.63, 3.8) is 0 Å². The summed E-state index contributed by atoms with van der Waals surface area (Å²) in [5.74, 6) is -0.0905. The molecule has 0 aromatic heterocycles. The van der Waals surface area contributed by atoms with E-state index in [9.17, 15) is 13.2 Å². The molecule has 0 radical (unpaired) electrons. The summed E-state index contributed by atoms with van der Waals surface area (Å²) in [5, 5.41) is 5.38. The molecule has 2 aliphatic heterocycles. The van der Waals surface area contributed by atoms with E-state index in [0.29, 0.717) is 26.1 Å². The summed E-state index contributed by atoms with van der Waals surface area (Å²) in [6.07, 6.45) is 1.35. The van der Waals surface area contributed by atoms with Gasteiger partial charge in [-0.25, -0.2) is 8.42 Å². The van der Waals surface area contributed by atoms with Gasteiger partial charge in [-0.2, -0.15) is 0 Å². The number of carbonyl (C=O) groups is 1. The van der Waals surface area contributed by atoms with E-state index in [-0.39, 0.29) is 30.2 Å². The molecule has 18 heavy (non-hydrogen) atoms. The van der Waals surface area contributed by atoms with Gasteiger partial charge in [0.15, 0.2) is 9.84 Å². The highest BCUT2D eigenvalue weighted by atomic mass is 32.2. The zero-order chi connectivity index (χ0) is 13.2. The first-order valence-electron chi connectivity index (χ1n) is 6.29. The van der Waals surface area contributed by atoms with Crippen LogP contribution < -0.4 is 10.6 Å². The van der Waals surface area contributed by atoms with E-state index in [0.717, 1.165) is 0 Å². The first kappa shape index (κ1) is 13.8. The molecular weight excluding hydrogens is 256 g/mol. The van der Waals surface area contributed by atoms with Gasteiger partial charge >= 0.3 is 0 Å². The van der Waals surface area contributed by atoms with E-state index in [1.54, 1.807) is 7.05 Å². The lowest BCUT2D eigenvalue weighted by atomic mass is 10.0. The van der Waals surface area contributed by atoms with Gasteiger partial charge in [-0.05, 0) is 19.9 Å². The Balaban J connectivity index is 1.85. The van der Waals surface area contributed by atoms with Gasteiger partial charge in [-0.1, -0.05) is 0 Å². The topological polar surface area (TPSA) is 84.5 Å². The Morgan fingerprint density at radius 1 is 1.39 bits per heavy atom. The van der Waals surface area contributed by atoms with Crippen LogP contribution in [0.1, 0.15) is 12.8 Å². The van der Waals surface area contributed by atoms with Gasteiger partial charge in [0.1, 0.15) is 0 Å². The maximum absolute atomic E-state index is 12.0. The zero-order valence-electron chi connectivity index (χ0n) is 10.5. The van der Waals surface area contributed by atoms with Crippen LogP contribution in [-0.4, -0.2) is 58.2 Å². The lowest BCUT2D eigenvalue weighted by Crippen LogP contribution is -2.45. The van der Waals surface area contributed by atoms with Gasteiger partial charge in [-0.3, -0.25) is 4.79 Å². The summed E-state index contributed by atoms with van der Waals surface area (Å²) in [6, 6.07) is 0.0187. The average Bonchev–Trinajstić information content (AvgIpc) is 2.92. The number of hydrogen-bond donors (Lipinski definition) is 2. The molecule has 2 rings (SSSR count). The molecule has 6 nitrogen and oxygen atoms in total. The quantitative estimate of drug-likeness (QED) is 0.682. The fourth-order valence-corrected chi connectivity index (χ4v) is 4.30. The van der Waals surface area contributed by atoms with Crippen molar-refractivity contribution in [1.82, 2.24) is 10.6 Å². The third kappa shape index (κ3) is 2.84. The van der Waals surface area contributed by atoms with Crippen molar-refractivity contribution < 1.29 is 17.9 Å². The van der Waals surface area contributed by atoms with Crippen LogP contribution in [0.4, 0.5) is 0 Å². The number of amides is 1. The van der Waals surface area contributed by atoms with Crippen LogP contribution in [0.15, 0.2) is 0 Å². The van der Waals surface area contributed by atoms with Gasteiger partial charge in [0.25, 0.3) is 0 Å². The SMILES string of the molecule is CNC1COCC1C(=O)NCC1CCCS1(=O)=O. The van der Waals surface area contributed by atoms with Gasteiger partial charge in [0, 0.05) is 12.6 Å². The minimum absolute atomic E-state index is 0.0187. The predicted molar refractivity (Wildman–Crippen MR) is 67.0 cm³/mol. The van der Waals surface area contributed by atoms with Crippen molar-refractivity contribution in [3.05, 3.63) is 0 Å². The highest BCUT2D eigenvalue weighted by Crippen LogP contribution is 2.19. The first-order valence-corrected chi connectivity index (χ1v) is 8.00. The Labute approximate surface area is 107 Å². The molecule has 2 saturated heterocycles. The Kier molecular flexibility index (Phi) is 4.24. The zero-order valence-corrected chi connectivity index (χ0v) is 11.3. The van der Waals surface area contributed by atoms with Crippen molar-refractivity contribution in [1.29, 1.82) is 0 Å². The Hall–Kier alpha value is -0.660. The largest absolute Gasteiger partial charge is 0.379 e. The highest BCUT2D eigenvalue weighted by molar-refractivity contribution is 7.92. The van der Waals surface area contributed by atoms with Crippen LogP contribution in [0.5, 0.6) is 0 Å². The summed E-state index contributed by atoms with van der Waals surface area (Å²) in [6.45, 7) is 1.15. The van der Waals surface area contributed by atoms with E-state index in [2.05, 4.69) is 10.6 Å². The van der Waals surface area contributed by atoms with E-state index < -0.39 is 15.1 Å². The van der Waals surface area contributed by atoms with Gasteiger partial charge in [-0.15, -0.1) is 0 Å².